The number of ether oxygens (including phenoxy) is 1. The van der Waals surface area contributed by atoms with E-state index < -0.39 is 0 Å². The summed E-state index contributed by atoms with van der Waals surface area (Å²) in [5, 5.41) is 0. The van der Waals surface area contributed by atoms with E-state index in [0.717, 1.165) is 12.2 Å². The van der Waals surface area contributed by atoms with E-state index in [2.05, 4.69) is 26.5 Å². The highest BCUT2D eigenvalue weighted by Gasteiger charge is 1.87. The highest BCUT2D eigenvalue weighted by molar-refractivity contribution is 5.19. The average Bonchev–Trinajstić information content (AvgIpc) is 2.11. The number of hydrogen-bond acceptors (Lipinski definition) is 1. The van der Waals surface area contributed by atoms with Gasteiger partial charge in [0.05, 0.1) is 6.61 Å². The van der Waals surface area contributed by atoms with Crippen LogP contribution in [0.5, 0.6) is 0 Å². The largest absolute Gasteiger partial charge is 0.494 e. The summed E-state index contributed by atoms with van der Waals surface area (Å²) in [4.78, 5) is 0. The van der Waals surface area contributed by atoms with E-state index in [1.807, 2.05) is 13.0 Å². The fourth-order valence-electron chi connectivity index (χ4n) is 0.684. The molecule has 0 spiro atoms. The van der Waals surface area contributed by atoms with Gasteiger partial charge in [-0.2, -0.15) is 0 Å². The predicted molar refractivity (Wildman–Crippen MR) is 54.0 cm³/mol. The van der Waals surface area contributed by atoms with Crippen molar-refractivity contribution in [2.45, 2.75) is 27.2 Å². The average molecular weight is 166 g/mol. The monoisotopic (exact) mass is 166 g/mol. The maximum absolute atomic E-state index is 5.28. The topological polar surface area (TPSA) is 9.23 Å². The zero-order valence-corrected chi connectivity index (χ0v) is 8.26. The van der Waals surface area contributed by atoms with Crippen LogP contribution in [-0.4, -0.2) is 6.61 Å². The molecule has 0 aliphatic carbocycles. The molecule has 12 heavy (non-hydrogen) atoms. The second kappa shape index (κ2) is 6.71. The van der Waals surface area contributed by atoms with E-state index in [4.69, 9.17) is 4.74 Å². The van der Waals surface area contributed by atoms with Crippen molar-refractivity contribution in [3.05, 3.63) is 36.1 Å². The third-order valence-corrected chi connectivity index (χ3v) is 1.60. The molecule has 0 N–H and O–H groups in total. The van der Waals surface area contributed by atoms with Crippen LogP contribution in [-0.2, 0) is 4.74 Å². The smallest absolute Gasteiger partial charge is 0.118 e. The molecule has 0 aliphatic rings. The molecule has 0 fully saturated rings. The Labute approximate surface area is 75.4 Å². The SMILES string of the molecule is C=C/C(=C\C=C(/C)CC)OCC. The lowest BCUT2D eigenvalue weighted by atomic mass is 10.2. The van der Waals surface area contributed by atoms with Gasteiger partial charge in [-0.3, -0.25) is 0 Å². The fourth-order valence-corrected chi connectivity index (χ4v) is 0.684. The summed E-state index contributed by atoms with van der Waals surface area (Å²) in [6.45, 7) is 10.6. The Morgan fingerprint density at radius 3 is 2.42 bits per heavy atom. The van der Waals surface area contributed by atoms with Gasteiger partial charge in [0.2, 0.25) is 0 Å². The third-order valence-electron chi connectivity index (χ3n) is 1.60. The number of rotatable bonds is 5. The van der Waals surface area contributed by atoms with E-state index in [1.165, 1.54) is 5.57 Å². The lowest BCUT2D eigenvalue weighted by Gasteiger charge is -2.01. The summed E-state index contributed by atoms with van der Waals surface area (Å²) < 4.78 is 5.28. The Balaban J connectivity index is 4.18. The summed E-state index contributed by atoms with van der Waals surface area (Å²) in [5.74, 6) is 0.838. The zero-order chi connectivity index (χ0) is 9.40. The first-order chi connectivity index (χ1) is 5.74. The van der Waals surface area contributed by atoms with Crippen molar-refractivity contribution in [3.63, 3.8) is 0 Å². The van der Waals surface area contributed by atoms with E-state index in [9.17, 15) is 0 Å². The first-order valence-corrected chi connectivity index (χ1v) is 4.37. The van der Waals surface area contributed by atoms with Crippen LogP contribution in [0.25, 0.3) is 0 Å². The lowest BCUT2D eigenvalue weighted by molar-refractivity contribution is 0.243. The van der Waals surface area contributed by atoms with Crippen molar-refractivity contribution in [3.8, 4) is 0 Å². The molecule has 0 aromatic heterocycles. The molecule has 0 radical (unpaired) electrons. The molecule has 68 valence electrons. The number of hydrogen-bond donors (Lipinski definition) is 0. The molecular formula is C11H18O. The normalized spacial score (nSPS) is 12.9. The molecule has 1 nitrogen and oxygen atoms in total. The minimum absolute atomic E-state index is 0.691. The molecule has 0 amide bonds. The molecule has 0 rings (SSSR count). The molecule has 1 heteroatoms. The number of allylic oxidation sites excluding steroid dienone is 4. The summed E-state index contributed by atoms with van der Waals surface area (Å²) in [6, 6.07) is 0. The van der Waals surface area contributed by atoms with Crippen LogP contribution in [0, 0.1) is 0 Å². The summed E-state index contributed by atoms with van der Waals surface area (Å²) in [7, 11) is 0. The Morgan fingerprint density at radius 2 is 2.00 bits per heavy atom. The van der Waals surface area contributed by atoms with E-state index in [-0.39, 0.29) is 0 Å². The molecule has 0 aromatic carbocycles. The second-order valence-electron chi connectivity index (χ2n) is 2.57. The van der Waals surface area contributed by atoms with Crippen LogP contribution < -0.4 is 0 Å². The molecule has 0 bridgehead atoms. The summed E-state index contributed by atoms with van der Waals surface area (Å²) in [5.41, 5.74) is 1.34. The van der Waals surface area contributed by atoms with E-state index in [1.54, 1.807) is 6.08 Å². The van der Waals surface area contributed by atoms with Gasteiger partial charge in [0, 0.05) is 0 Å². The second-order valence-corrected chi connectivity index (χ2v) is 2.57. The summed E-state index contributed by atoms with van der Waals surface area (Å²) in [6.07, 6.45) is 6.82. The molecule has 0 saturated carbocycles. The van der Waals surface area contributed by atoms with Crippen molar-refractivity contribution in [2.75, 3.05) is 6.61 Å². The maximum Gasteiger partial charge on any atom is 0.118 e. The van der Waals surface area contributed by atoms with Gasteiger partial charge < -0.3 is 4.74 Å². The maximum atomic E-state index is 5.28. The molecule has 0 saturated heterocycles. The van der Waals surface area contributed by atoms with Gasteiger partial charge in [0.25, 0.3) is 0 Å². The Morgan fingerprint density at radius 1 is 1.33 bits per heavy atom. The Bertz CT molecular complexity index is 187. The standard InChI is InChI=1S/C11H18O/c1-5-10(4)8-9-11(6-2)12-7-3/h6,8-9H,2,5,7H2,1,3-4H3/b10-8+,11-9+. The van der Waals surface area contributed by atoms with Crippen molar-refractivity contribution in [2.24, 2.45) is 0 Å². The van der Waals surface area contributed by atoms with Crippen molar-refractivity contribution in [1.82, 2.24) is 0 Å². The van der Waals surface area contributed by atoms with Gasteiger partial charge in [-0.05, 0) is 32.4 Å². The van der Waals surface area contributed by atoms with Crippen LogP contribution in [0.2, 0.25) is 0 Å². The van der Waals surface area contributed by atoms with E-state index in [0.29, 0.717) is 6.61 Å². The first kappa shape index (κ1) is 11.0. The van der Waals surface area contributed by atoms with Crippen LogP contribution in [0.3, 0.4) is 0 Å². The van der Waals surface area contributed by atoms with E-state index >= 15 is 0 Å². The van der Waals surface area contributed by atoms with Crippen LogP contribution in [0.4, 0.5) is 0 Å². The Hall–Kier alpha value is -0.980. The first-order valence-electron chi connectivity index (χ1n) is 4.37. The lowest BCUT2D eigenvalue weighted by Crippen LogP contribution is -1.86. The third kappa shape index (κ3) is 4.78. The van der Waals surface area contributed by atoms with Crippen molar-refractivity contribution >= 4 is 0 Å². The van der Waals surface area contributed by atoms with Gasteiger partial charge >= 0.3 is 0 Å². The van der Waals surface area contributed by atoms with Crippen molar-refractivity contribution < 1.29 is 4.74 Å². The van der Waals surface area contributed by atoms with Crippen LogP contribution >= 0.6 is 0 Å². The molecular weight excluding hydrogens is 148 g/mol. The molecule has 0 heterocycles. The minimum atomic E-state index is 0.691. The van der Waals surface area contributed by atoms with Gasteiger partial charge in [-0.15, -0.1) is 0 Å². The quantitative estimate of drug-likeness (QED) is 0.449. The predicted octanol–water partition coefficient (Wildman–Crippen LogP) is 3.45. The minimum Gasteiger partial charge on any atom is -0.494 e. The fraction of sp³-hybridized carbons (Fsp3) is 0.455. The highest BCUT2D eigenvalue weighted by atomic mass is 16.5. The zero-order valence-electron chi connectivity index (χ0n) is 8.26. The summed E-state index contributed by atoms with van der Waals surface area (Å²) >= 11 is 0. The van der Waals surface area contributed by atoms with Gasteiger partial charge in [0.15, 0.2) is 0 Å². The van der Waals surface area contributed by atoms with Crippen molar-refractivity contribution in [1.29, 1.82) is 0 Å². The van der Waals surface area contributed by atoms with Crippen LogP contribution in [0.1, 0.15) is 27.2 Å². The molecule has 0 aromatic rings. The molecule has 0 unspecified atom stereocenters. The van der Waals surface area contributed by atoms with Gasteiger partial charge in [0.1, 0.15) is 5.76 Å². The van der Waals surface area contributed by atoms with Crippen LogP contribution in [0.15, 0.2) is 36.1 Å². The molecule has 0 atom stereocenters. The molecule has 0 aliphatic heterocycles. The highest BCUT2D eigenvalue weighted by Crippen LogP contribution is 2.03. The van der Waals surface area contributed by atoms with Gasteiger partial charge in [-0.25, -0.2) is 0 Å². The van der Waals surface area contributed by atoms with Gasteiger partial charge in [-0.1, -0.05) is 25.2 Å². The Kier molecular flexibility index (Phi) is 6.16.